The van der Waals surface area contributed by atoms with Gasteiger partial charge in [-0.2, -0.15) is 0 Å². The number of anilines is 2. The monoisotopic (exact) mass is 412 g/mol. The summed E-state index contributed by atoms with van der Waals surface area (Å²) in [5, 5.41) is 7.32. The van der Waals surface area contributed by atoms with Crippen molar-refractivity contribution < 1.29 is 13.6 Å². The van der Waals surface area contributed by atoms with Gasteiger partial charge in [-0.1, -0.05) is 23.7 Å². The van der Waals surface area contributed by atoms with Crippen LogP contribution >= 0.6 is 31.4 Å². The lowest BCUT2D eigenvalue weighted by atomic mass is 10.2. The Morgan fingerprint density at radius 1 is 0.962 bits per heavy atom. The van der Waals surface area contributed by atoms with Gasteiger partial charge >= 0.3 is 7.60 Å². The van der Waals surface area contributed by atoms with Gasteiger partial charge in [-0.25, -0.2) is 0 Å². The molecule has 0 atom stereocenters. The van der Waals surface area contributed by atoms with Crippen LogP contribution in [-0.4, -0.2) is 18.3 Å². The molecule has 0 aliphatic heterocycles. The first-order valence-corrected chi connectivity index (χ1v) is 10.8. The molecule has 0 aliphatic carbocycles. The zero-order valence-corrected chi connectivity index (χ0v) is 17.2. The summed E-state index contributed by atoms with van der Waals surface area (Å²) < 4.78 is 23.2. The third kappa shape index (κ3) is 6.71. The van der Waals surface area contributed by atoms with Gasteiger partial charge in [0.25, 0.3) is 0 Å². The molecule has 0 aromatic heterocycles. The minimum Gasteiger partial charge on any atom is -0.332 e. The van der Waals surface area contributed by atoms with Gasteiger partial charge in [0.2, 0.25) is 0 Å². The largest absolute Gasteiger partial charge is 0.335 e. The van der Waals surface area contributed by atoms with Gasteiger partial charge in [-0.15, -0.1) is 0 Å². The smallest absolute Gasteiger partial charge is 0.332 e. The Balaban J connectivity index is 1.95. The Labute approximate surface area is 164 Å². The van der Waals surface area contributed by atoms with Crippen molar-refractivity contribution in [3.8, 4) is 0 Å². The predicted octanol–water partition coefficient (Wildman–Crippen LogP) is 5.92. The van der Waals surface area contributed by atoms with Crippen LogP contribution < -0.4 is 10.6 Å². The number of benzene rings is 2. The summed E-state index contributed by atoms with van der Waals surface area (Å²) in [5.74, 6) is 0. The van der Waals surface area contributed by atoms with Crippen molar-refractivity contribution >= 4 is 47.9 Å². The van der Waals surface area contributed by atoms with Gasteiger partial charge in [0.1, 0.15) is 0 Å². The van der Waals surface area contributed by atoms with Crippen molar-refractivity contribution in [1.29, 1.82) is 0 Å². The van der Waals surface area contributed by atoms with Crippen molar-refractivity contribution in [2.75, 3.05) is 23.8 Å². The average molecular weight is 413 g/mol. The van der Waals surface area contributed by atoms with Crippen LogP contribution in [-0.2, 0) is 19.8 Å². The van der Waals surface area contributed by atoms with Gasteiger partial charge < -0.3 is 19.7 Å². The van der Waals surface area contributed by atoms with E-state index in [4.69, 9.17) is 32.9 Å². The van der Waals surface area contributed by atoms with Crippen molar-refractivity contribution in [3.63, 3.8) is 0 Å². The molecule has 2 aromatic rings. The maximum Gasteiger partial charge on any atom is 0.335 e. The minimum absolute atomic E-state index is 0.239. The summed E-state index contributed by atoms with van der Waals surface area (Å²) in [5.41, 5.74) is 2.54. The first-order valence-electron chi connectivity index (χ1n) is 8.24. The molecule has 5 nitrogen and oxygen atoms in total. The van der Waals surface area contributed by atoms with Crippen LogP contribution in [0.3, 0.4) is 0 Å². The molecule has 0 fully saturated rings. The fourth-order valence-electron chi connectivity index (χ4n) is 2.27. The number of nitrogens with one attached hydrogen (secondary N) is 2. The molecule has 8 heteroatoms. The summed E-state index contributed by atoms with van der Waals surface area (Å²) in [7, 11) is -3.10. The van der Waals surface area contributed by atoms with Gasteiger partial charge in [-0.3, -0.25) is 4.57 Å². The molecule has 0 saturated heterocycles. The fraction of sp³-hybridized carbons (Fsp3) is 0.278. The highest BCUT2D eigenvalue weighted by Gasteiger charge is 2.23. The molecule has 26 heavy (non-hydrogen) atoms. The van der Waals surface area contributed by atoms with E-state index in [-0.39, 0.29) is 6.16 Å². The third-order valence-corrected chi connectivity index (χ3v) is 5.85. The van der Waals surface area contributed by atoms with Crippen LogP contribution in [0.5, 0.6) is 0 Å². The molecule has 0 aliphatic rings. The van der Waals surface area contributed by atoms with Gasteiger partial charge in [0, 0.05) is 16.4 Å². The van der Waals surface area contributed by atoms with E-state index < -0.39 is 7.60 Å². The second-order valence-electron chi connectivity index (χ2n) is 5.39. The van der Waals surface area contributed by atoms with E-state index in [0.717, 1.165) is 16.9 Å². The molecule has 0 amide bonds. The average Bonchev–Trinajstić information content (AvgIpc) is 2.59. The van der Waals surface area contributed by atoms with E-state index >= 15 is 0 Å². The summed E-state index contributed by atoms with van der Waals surface area (Å²) >= 11 is 11.2. The number of thiocarbonyl (C=S) groups is 1. The normalized spacial score (nSPS) is 11.2. The van der Waals surface area contributed by atoms with Crippen molar-refractivity contribution in [2.24, 2.45) is 0 Å². The quantitative estimate of drug-likeness (QED) is 0.415. The highest BCUT2D eigenvalue weighted by molar-refractivity contribution is 7.80. The fourth-order valence-corrected chi connectivity index (χ4v) is 4.33. The van der Waals surface area contributed by atoms with Crippen LogP contribution in [0.15, 0.2) is 48.5 Å². The third-order valence-electron chi connectivity index (χ3n) is 3.34. The molecule has 2 aromatic carbocycles. The molecule has 2 rings (SSSR count). The Bertz CT molecular complexity index is 759. The van der Waals surface area contributed by atoms with E-state index in [1.165, 1.54) is 0 Å². The topological polar surface area (TPSA) is 59.6 Å². The highest BCUT2D eigenvalue weighted by Crippen LogP contribution is 2.51. The zero-order chi connectivity index (χ0) is 19.0. The molecule has 0 bridgehead atoms. The molecule has 0 radical (unpaired) electrons. The van der Waals surface area contributed by atoms with Crippen LogP contribution in [0.25, 0.3) is 0 Å². The number of hydrogen-bond acceptors (Lipinski definition) is 4. The lowest BCUT2D eigenvalue weighted by molar-refractivity contribution is 0.219. The first kappa shape index (κ1) is 20.9. The molecular formula is C18H22ClN2O3PS. The SMILES string of the molecule is CCOP(=O)(Cc1ccc(NC(=S)Nc2ccc(Cl)cc2)cc1)OCC. The van der Waals surface area contributed by atoms with E-state index in [0.29, 0.717) is 23.3 Å². The second-order valence-corrected chi connectivity index (χ2v) is 8.29. The first-order chi connectivity index (χ1) is 12.4. The summed E-state index contributed by atoms with van der Waals surface area (Å²) in [6, 6.07) is 14.8. The summed E-state index contributed by atoms with van der Waals surface area (Å²) in [4.78, 5) is 0. The maximum absolute atomic E-state index is 12.6. The number of rotatable bonds is 8. The second kappa shape index (κ2) is 10.0. The lowest BCUT2D eigenvalue weighted by Crippen LogP contribution is -2.18. The van der Waals surface area contributed by atoms with Gasteiger partial charge in [0.15, 0.2) is 5.11 Å². The Kier molecular flexibility index (Phi) is 8.07. The Morgan fingerprint density at radius 3 is 1.88 bits per heavy atom. The van der Waals surface area contributed by atoms with Crippen molar-refractivity contribution in [3.05, 3.63) is 59.1 Å². The predicted molar refractivity (Wildman–Crippen MR) is 112 cm³/mol. The van der Waals surface area contributed by atoms with E-state index in [1.54, 1.807) is 26.0 Å². The lowest BCUT2D eigenvalue weighted by Gasteiger charge is -2.17. The molecule has 0 unspecified atom stereocenters. The molecule has 140 valence electrons. The van der Waals surface area contributed by atoms with Crippen LogP contribution in [0, 0.1) is 0 Å². The van der Waals surface area contributed by atoms with Crippen LogP contribution in [0.1, 0.15) is 19.4 Å². The zero-order valence-electron chi connectivity index (χ0n) is 14.7. The molecule has 0 saturated carbocycles. The van der Waals surface area contributed by atoms with Gasteiger partial charge in [-0.05, 0) is 68.0 Å². The Hall–Kier alpha value is -1.43. The molecule has 0 spiro atoms. The van der Waals surface area contributed by atoms with E-state index in [1.807, 2.05) is 36.4 Å². The van der Waals surface area contributed by atoms with E-state index in [9.17, 15) is 4.57 Å². The van der Waals surface area contributed by atoms with Crippen molar-refractivity contribution in [2.45, 2.75) is 20.0 Å². The molecule has 0 heterocycles. The Morgan fingerprint density at radius 2 is 1.42 bits per heavy atom. The summed E-state index contributed by atoms with van der Waals surface area (Å²) in [6.45, 7) is 4.30. The minimum atomic E-state index is -3.10. The number of halogens is 1. The molecule has 2 N–H and O–H groups in total. The standard InChI is InChI=1S/C18H22ClN2O3PS/c1-3-23-25(22,24-4-2)13-14-5-9-16(10-6-14)20-18(26)21-17-11-7-15(19)8-12-17/h5-12H,3-4,13H2,1-2H3,(H2,20,21,26). The van der Waals surface area contributed by atoms with E-state index in [2.05, 4.69) is 10.6 Å². The molecular weight excluding hydrogens is 391 g/mol. The maximum atomic E-state index is 12.6. The number of hydrogen-bond donors (Lipinski definition) is 2. The summed E-state index contributed by atoms with van der Waals surface area (Å²) in [6.07, 6.45) is 0.239. The highest BCUT2D eigenvalue weighted by atomic mass is 35.5. The van der Waals surface area contributed by atoms with Gasteiger partial charge in [0.05, 0.1) is 19.4 Å². The van der Waals surface area contributed by atoms with Crippen LogP contribution in [0.2, 0.25) is 5.02 Å². The van der Waals surface area contributed by atoms with Crippen LogP contribution in [0.4, 0.5) is 11.4 Å². The van der Waals surface area contributed by atoms with Crippen molar-refractivity contribution in [1.82, 2.24) is 0 Å².